The first-order chi connectivity index (χ1) is 11.6. The predicted molar refractivity (Wildman–Crippen MR) is 92.5 cm³/mol. The fourth-order valence-electron chi connectivity index (χ4n) is 2.64. The second-order valence-corrected chi connectivity index (χ2v) is 5.93. The van der Waals surface area contributed by atoms with Crippen LogP contribution in [0, 0.1) is 0 Å². The van der Waals surface area contributed by atoms with Gasteiger partial charge in [0, 0.05) is 12.1 Å². The number of carbonyl (C=O) groups is 1. The molecule has 24 heavy (non-hydrogen) atoms. The van der Waals surface area contributed by atoms with Gasteiger partial charge in [-0.2, -0.15) is 5.10 Å². The zero-order valence-corrected chi connectivity index (χ0v) is 14.3. The third-order valence-electron chi connectivity index (χ3n) is 3.81. The van der Waals surface area contributed by atoms with Crippen LogP contribution in [-0.2, 0) is 13.0 Å². The second kappa shape index (κ2) is 6.93. The van der Waals surface area contributed by atoms with Crippen molar-refractivity contribution in [1.82, 2.24) is 14.7 Å². The highest BCUT2D eigenvalue weighted by Gasteiger charge is 2.21. The Hall–Kier alpha value is -2.53. The molecular weight excluding hydrogens is 326 g/mol. The third kappa shape index (κ3) is 3.21. The van der Waals surface area contributed by atoms with Crippen LogP contribution in [0.4, 0.5) is 0 Å². The third-order valence-corrected chi connectivity index (χ3v) is 4.04. The van der Waals surface area contributed by atoms with E-state index in [0.717, 1.165) is 17.1 Å². The maximum Gasteiger partial charge on any atom is 0.257 e. The Labute approximate surface area is 145 Å². The molecule has 0 fully saturated rings. The molecule has 0 saturated heterocycles. The second-order valence-electron chi connectivity index (χ2n) is 5.49. The molecule has 0 spiro atoms. The zero-order valence-electron chi connectivity index (χ0n) is 13.6. The van der Waals surface area contributed by atoms with Gasteiger partial charge in [-0.1, -0.05) is 24.6 Å². The number of hydrogen-bond acceptors (Lipinski definition) is 3. The minimum Gasteiger partial charge on any atom is -0.467 e. The van der Waals surface area contributed by atoms with Crippen molar-refractivity contribution in [2.45, 2.75) is 19.9 Å². The molecule has 0 bridgehead atoms. The highest BCUT2D eigenvalue weighted by atomic mass is 35.5. The average Bonchev–Trinajstić information content (AvgIpc) is 3.22. The predicted octanol–water partition coefficient (Wildman–Crippen LogP) is 3.95. The molecule has 3 aromatic rings. The van der Waals surface area contributed by atoms with Gasteiger partial charge in [-0.3, -0.25) is 4.79 Å². The molecule has 0 radical (unpaired) electrons. The molecule has 1 amide bonds. The number of carbonyl (C=O) groups excluding carboxylic acids is 1. The van der Waals surface area contributed by atoms with Gasteiger partial charge in [0.1, 0.15) is 5.76 Å². The van der Waals surface area contributed by atoms with Crippen molar-refractivity contribution in [3.8, 4) is 5.69 Å². The largest absolute Gasteiger partial charge is 0.467 e. The zero-order chi connectivity index (χ0) is 17.1. The summed E-state index contributed by atoms with van der Waals surface area (Å²) in [7, 11) is 1.75. The lowest BCUT2D eigenvalue weighted by atomic mass is 10.1. The molecule has 0 atom stereocenters. The Morgan fingerprint density at radius 2 is 2.17 bits per heavy atom. The monoisotopic (exact) mass is 343 g/mol. The fraction of sp³-hybridized carbons (Fsp3) is 0.222. The number of amides is 1. The summed E-state index contributed by atoms with van der Waals surface area (Å²) in [6.45, 7) is 2.42. The van der Waals surface area contributed by atoms with E-state index >= 15 is 0 Å². The standard InChI is InChI=1S/C18H18ClN3O2/c1-3-17-16(18(23)21(2)12-15-8-5-9-24-15)11-20-22(17)14-7-4-6-13(19)10-14/h4-11H,3,12H2,1-2H3. The Kier molecular flexibility index (Phi) is 4.71. The number of nitrogens with zero attached hydrogens (tertiary/aromatic N) is 3. The van der Waals surface area contributed by atoms with Gasteiger partial charge in [0.25, 0.3) is 5.91 Å². The van der Waals surface area contributed by atoms with E-state index in [4.69, 9.17) is 16.0 Å². The van der Waals surface area contributed by atoms with E-state index in [2.05, 4.69) is 5.10 Å². The van der Waals surface area contributed by atoms with E-state index in [1.54, 1.807) is 29.1 Å². The maximum absolute atomic E-state index is 12.8. The summed E-state index contributed by atoms with van der Waals surface area (Å²) in [4.78, 5) is 14.4. The Balaban J connectivity index is 1.90. The highest BCUT2D eigenvalue weighted by Crippen LogP contribution is 2.20. The SMILES string of the molecule is CCc1c(C(=O)N(C)Cc2ccco2)cnn1-c1cccc(Cl)c1. The molecule has 0 N–H and O–H groups in total. The minimum absolute atomic E-state index is 0.0865. The molecule has 0 aliphatic carbocycles. The minimum atomic E-state index is -0.0865. The van der Waals surface area contributed by atoms with Crippen molar-refractivity contribution in [3.63, 3.8) is 0 Å². The topological polar surface area (TPSA) is 51.3 Å². The number of halogens is 1. The summed E-state index contributed by atoms with van der Waals surface area (Å²) in [6.07, 6.45) is 3.89. The van der Waals surface area contributed by atoms with Gasteiger partial charge in [0.15, 0.2) is 0 Å². The molecule has 0 unspecified atom stereocenters. The van der Waals surface area contributed by atoms with Crippen molar-refractivity contribution in [3.05, 3.63) is 70.9 Å². The Bertz CT molecular complexity index is 840. The number of hydrogen-bond donors (Lipinski definition) is 0. The molecule has 0 saturated carbocycles. The van der Waals surface area contributed by atoms with Crippen LogP contribution in [0.1, 0.15) is 28.7 Å². The molecule has 0 aliphatic heterocycles. The van der Waals surface area contributed by atoms with Crippen LogP contribution in [0.2, 0.25) is 5.02 Å². The van der Waals surface area contributed by atoms with Crippen molar-refractivity contribution >= 4 is 17.5 Å². The van der Waals surface area contributed by atoms with Crippen molar-refractivity contribution in [1.29, 1.82) is 0 Å². The van der Waals surface area contributed by atoms with Crippen LogP contribution in [0.3, 0.4) is 0 Å². The lowest BCUT2D eigenvalue weighted by molar-refractivity contribution is 0.0774. The first kappa shape index (κ1) is 16.3. The smallest absolute Gasteiger partial charge is 0.257 e. The van der Waals surface area contributed by atoms with Crippen LogP contribution >= 0.6 is 11.6 Å². The summed E-state index contributed by atoms with van der Waals surface area (Å²) < 4.78 is 7.07. The fourth-order valence-corrected chi connectivity index (χ4v) is 2.82. The van der Waals surface area contributed by atoms with Crippen LogP contribution in [0.5, 0.6) is 0 Å². The van der Waals surface area contributed by atoms with Crippen LogP contribution in [0.15, 0.2) is 53.3 Å². The van der Waals surface area contributed by atoms with Gasteiger partial charge in [-0.25, -0.2) is 4.68 Å². The maximum atomic E-state index is 12.8. The van der Waals surface area contributed by atoms with E-state index in [-0.39, 0.29) is 5.91 Å². The number of benzene rings is 1. The molecule has 2 aromatic heterocycles. The number of rotatable bonds is 5. The van der Waals surface area contributed by atoms with Crippen molar-refractivity contribution in [2.75, 3.05) is 7.05 Å². The summed E-state index contributed by atoms with van der Waals surface area (Å²) in [6, 6.07) is 11.1. The van der Waals surface area contributed by atoms with Gasteiger partial charge < -0.3 is 9.32 Å². The molecule has 124 valence electrons. The van der Waals surface area contributed by atoms with E-state index in [1.165, 1.54) is 0 Å². The molecule has 5 nitrogen and oxygen atoms in total. The summed E-state index contributed by atoms with van der Waals surface area (Å²) >= 11 is 6.06. The van der Waals surface area contributed by atoms with Gasteiger partial charge in [-0.05, 0) is 36.8 Å². The van der Waals surface area contributed by atoms with E-state index in [1.807, 2.05) is 43.3 Å². The number of aromatic nitrogens is 2. The van der Waals surface area contributed by atoms with Crippen LogP contribution < -0.4 is 0 Å². The lowest BCUT2D eigenvalue weighted by Crippen LogP contribution is -2.26. The molecule has 2 heterocycles. The van der Waals surface area contributed by atoms with E-state index in [0.29, 0.717) is 23.6 Å². The van der Waals surface area contributed by atoms with Crippen LogP contribution in [0.25, 0.3) is 5.69 Å². The summed E-state index contributed by atoms with van der Waals surface area (Å²) in [5, 5.41) is 5.02. The molecule has 1 aromatic carbocycles. The quantitative estimate of drug-likeness (QED) is 0.704. The molecule has 3 rings (SSSR count). The first-order valence-corrected chi connectivity index (χ1v) is 8.08. The number of furan rings is 1. The normalized spacial score (nSPS) is 10.8. The van der Waals surface area contributed by atoms with Crippen molar-refractivity contribution < 1.29 is 9.21 Å². The first-order valence-electron chi connectivity index (χ1n) is 7.70. The molecule has 6 heteroatoms. The van der Waals surface area contributed by atoms with Gasteiger partial charge in [0.2, 0.25) is 0 Å². The summed E-state index contributed by atoms with van der Waals surface area (Å²) in [5.41, 5.74) is 2.28. The summed E-state index contributed by atoms with van der Waals surface area (Å²) in [5.74, 6) is 0.655. The average molecular weight is 344 g/mol. The Morgan fingerprint density at radius 3 is 2.83 bits per heavy atom. The van der Waals surface area contributed by atoms with Crippen molar-refractivity contribution in [2.24, 2.45) is 0 Å². The van der Waals surface area contributed by atoms with E-state index < -0.39 is 0 Å². The lowest BCUT2D eigenvalue weighted by Gasteiger charge is -2.16. The van der Waals surface area contributed by atoms with E-state index in [9.17, 15) is 4.79 Å². The van der Waals surface area contributed by atoms with Gasteiger partial charge in [0.05, 0.1) is 35.9 Å². The molecular formula is C18H18ClN3O2. The van der Waals surface area contributed by atoms with Gasteiger partial charge >= 0.3 is 0 Å². The molecule has 0 aliphatic rings. The van der Waals surface area contributed by atoms with Crippen LogP contribution in [-0.4, -0.2) is 27.6 Å². The van der Waals surface area contributed by atoms with Gasteiger partial charge in [-0.15, -0.1) is 0 Å². The Morgan fingerprint density at radius 1 is 1.33 bits per heavy atom. The highest BCUT2D eigenvalue weighted by molar-refractivity contribution is 6.30.